The van der Waals surface area contributed by atoms with Crippen molar-refractivity contribution in [1.82, 2.24) is 5.32 Å². The van der Waals surface area contributed by atoms with Gasteiger partial charge in [0.1, 0.15) is 5.82 Å². The van der Waals surface area contributed by atoms with Gasteiger partial charge in [-0.2, -0.15) is 0 Å². The molecular formula is C13H14FNO3. The maximum absolute atomic E-state index is 12.7. The van der Waals surface area contributed by atoms with Crippen molar-refractivity contribution >= 4 is 11.9 Å². The topological polar surface area (TPSA) is 55.4 Å². The molecule has 1 N–H and O–H groups in total. The van der Waals surface area contributed by atoms with Gasteiger partial charge in [0, 0.05) is 12.1 Å². The summed E-state index contributed by atoms with van der Waals surface area (Å²) in [5.74, 6) is -0.994. The van der Waals surface area contributed by atoms with E-state index in [1.165, 1.54) is 31.4 Å². The van der Waals surface area contributed by atoms with Gasteiger partial charge in [-0.3, -0.25) is 9.59 Å². The molecule has 1 amide bonds. The first-order valence-electron chi connectivity index (χ1n) is 5.70. The minimum absolute atomic E-state index is 0.260. The van der Waals surface area contributed by atoms with Crippen LogP contribution in [0.3, 0.4) is 0 Å². The van der Waals surface area contributed by atoms with Crippen LogP contribution in [0, 0.1) is 11.2 Å². The Kier molecular flexibility index (Phi) is 3.32. The SMILES string of the molecule is COC(=O)C1(CNC(=O)c2ccc(F)cc2)CC1. The minimum Gasteiger partial charge on any atom is -0.469 e. The van der Waals surface area contributed by atoms with Crippen molar-refractivity contribution in [3.63, 3.8) is 0 Å². The number of nitrogens with one attached hydrogen (secondary N) is 1. The molecule has 5 heteroatoms. The molecular weight excluding hydrogens is 237 g/mol. The molecule has 0 spiro atoms. The zero-order valence-corrected chi connectivity index (χ0v) is 10.0. The van der Waals surface area contributed by atoms with E-state index in [0.717, 1.165) is 12.8 Å². The minimum atomic E-state index is -0.551. The van der Waals surface area contributed by atoms with E-state index in [0.29, 0.717) is 5.56 Å². The fourth-order valence-electron chi connectivity index (χ4n) is 1.77. The molecule has 1 saturated carbocycles. The largest absolute Gasteiger partial charge is 0.469 e. The Labute approximate surface area is 104 Å². The third-order valence-electron chi connectivity index (χ3n) is 3.17. The number of methoxy groups -OCH3 is 1. The van der Waals surface area contributed by atoms with Crippen molar-refractivity contribution in [2.45, 2.75) is 12.8 Å². The summed E-state index contributed by atoms with van der Waals surface area (Å²) >= 11 is 0. The highest BCUT2D eigenvalue weighted by atomic mass is 19.1. The van der Waals surface area contributed by atoms with Gasteiger partial charge in [0.25, 0.3) is 5.91 Å². The molecule has 1 aliphatic carbocycles. The molecule has 96 valence electrons. The zero-order valence-electron chi connectivity index (χ0n) is 10.0. The number of esters is 1. The summed E-state index contributed by atoms with van der Waals surface area (Å²) in [4.78, 5) is 23.2. The van der Waals surface area contributed by atoms with Gasteiger partial charge in [-0.15, -0.1) is 0 Å². The lowest BCUT2D eigenvalue weighted by Crippen LogP contribution is -2.34. The van der Waals surface area contributed by atoms with E-state index in [1.807, 2.05) is 0 Å². The van der Waals surface area contributed by atoms with Crippen LogP contribution in [0.2, 0.25) is 0 Å². The molecule has 0 saturated heterocycles. The molecule has 0 bridgehead atoms. The highest BCUT2D eigenvalue weighted by Crippen LogP contribution is 2.46. The van der Waals surface area contributed by atoms with Crippen LogP contribution < -0.4 is 5.32 Å². The molecule has 1 fully saturated rings. The Balaban J connectivity index is 1.93. The highest BCUT2D eigenvalue weighted by molar-refractivity contribution is 5.94. The van der Waals surface area contributed by atoms with Gasteiger partial charge < -0.3 is 10.1 Å². The Morgan fingerprint density at radius 1 is 1.33 bits per heavy atom. The van der Waals surface area contributed by atoms with Crippen LogP contribution in [0.15, 0.2) is 24.3 Å². The van der Waals surface area contributed by atoms with E-state index >= 15 is 0 Å². The number of ether oxygens (including phenoxy) is 1. The fourth-order valence-corrected chi connectivity index (χ4v) is 1.77. The summed E-state index contributed by atoms with van der Waals surface area (Å²) in [6.45, 7) is 0.260. The number of carbonyl (C=O) groups is 2. The maximum Gasteiger partial charge on any atom is 0.313 e. The average molecular weight is 251 g/mol. The predicted octanol–water partition coefficient (Wildman–Crippen LogP) is 1.51. The van der Waals surface area contributed by atoms with E-state index in [2.05, 4.69) is 5.32 Å². The van der Waals surface area contributed by atoms with Crippen LogP contribution in [0.25, 0.3) is 0 Å². The Bertz CT molecular complexity index is 466. The molecule has 1 aliphatic rings. The van der Waals surface area contributed by atoms with E-state index in [-0.39, 0.29) is 24.2 Å². The quantitative estimate of drug-likeness (QED) is 0.825. The van der Waals surface area contributed by atoms with Crippen molar-refractivity contribution in [3.05, 3.63) is 35.6 Å². The van der Waals surface area contributed by atoms with E-state index in [4.69, 9.17) is 4.74 Å². The molecule has 0 heterocycles. The van der Waals surface area contributed by atoms with E-state index in [1.54, 1.807) is 0 Å². The van der Waals surface area contributed by atoms with Gasteiger partial charge in [-0.1, -0.05) is 0 Å². The number of hydrogen-bond donors (Lipinski definition) is 1. The highest BCUT2D eigenvalue weighted by Gasteiger charge is 2.51. The molecule has 0 aromatic heterocycles. The third-order valence-corrected chi connectivity index (χ3v) is 3.17. The van der Waals surface area contributed by atoms with Crippen molar-refractivity contribution in [3.8, 4) is 0 Å². The molecule has 0 atom stereocenters. The first-order chi connectivity index (χ1) is 8.57. The smallest absolute Gasteiger partial charge is 0.313 e. The lowest BCUT2D eigenvalue weighted by molar-refractivity contribution is -0.146. The molecule has 0 unspecified atom stereocenters. The summed E-state index contributed by atoms with van der Waals surface area (Å²) in [5.41, 5.74) is -0.179. The molecule has 1 aromatic rings. The first kappa shape index (κ1) is 12.5. The zero-order chi connectivity index (χ0) is 13.2. The summed E-state index contributed by atoms with van der Waals surface area (Å²) in [6, 6.07) is 5.26. The number of carbonyl (C=O) groups excluding carboxylic acids is 2. The molecule has 0 aliphatic heterocycles. The Hall–Kier alpha value is -1.91. The third kappa shape index (κ3) is 2.50. The van der Waals surface area contributed by atoms with Gasteiger partial charge in [-0.05, 0) is 37.1 Å². The molecule has 18 heavy (non-hydrogen) atoms. The van der Waals surface area contributed by atoms with Crippen LogP contribution in [0.1, 0.15) is 23.2 Å². The van der Waals surface area contributed by atoms with Crippen LogP contribution in [0.4, 0.5) is 4.39 Å². The van der Waals surface area contributed by atoms with E-state index in [9.17, 15) is 14.0 Å². The maximum atomic E-state index is 12.7. The van der Waals surface area contributed by atoms with Crippen LogP contribution in [-0.4, -0.2) is 25.5 Å². The van der Waals surface area contributed by atoms with Crippen molar-refractivity contribution in [2.75, 3.05) is 13.7 Å². The average Bonchev–Trinajstić information content (AvgIpc) is 3.17. The van der Waals surface area contributed by atoms with Crippen LogP contribution in [0.5, 0.6) is 0 Å². The van der Waals surface area contributed by atoms with Crippen molar-refractivity contribution < 1.29 is 18.7 Å². The summed E-state index contributed by atoms with van der Waals surface area (Å²) < 4.78 is 17.4. The molecule has 1 aromatic carbocycles. The van der Waals surface area contributed by atoms with Gasteiger partial charge >= 0.3 is 5.97 Å². The molecule has 2 rings (SSSR count). The lowest BCUT2D eigenvalue weighted by atomic mass is 10.1. The standard InChI is InChI=1S/C13H14FNO3/c1-18-12(17)13(6-7-13)8-15-11(16)9-2-4-10(14)5-3-9/h2-5H,6-8H2,1H3,(H,15,16). The van der Waals surface area contributed by atoms with Gasteiger partial charge in [0.15, 0.2) is 0 Å². The molecule has 0 radical (unpaired) electrons. The Morgan fingerprint density at radius 3 is 2.44 bits per heavy atom. The summed E-state index contributed by atoms with van der Waals surface area (Å²) in [5, 5.41) is 2.67. The predicted molar refractivity (Wildman–Crippen MR) is 62.4 cm³/mol. The van der Waals surface area contributed by atoms with Gasteiger partial charge in [0.05, 0.1) is 12.5 Å². The second-order valence-electron chi connectivity index (χ2n) is 4.46. The molecule has 4 nitrogen and oxygen atoms in total. The monoisotopic (exact) mass is 251 g/mol. The summed E-state index contributed by atoms with van der Waals surface area (Å²) in [7, 11) is 1.34. The fraction of sp³-hybridized carbons (Fsp3) is 0.385. The second-order valence-corrected chi connectivity index (χ2v) is 4.46. The number of rotatable bonds is 4. The number of hydrogen-bond acceptors (Lipinski definition) is 3. The van der Waals surface area contributed by atoms with E-state index < -0.39 is 5.41 Å². The van der Waals surface area contributed by atoms with Crippen LogP contribution in [-0.2, 0) is 9.53 Å². The van der Waals surface area contributed by atoms with Gasteiger partial charge in [-0.25, -0.2) is 4.39 Å². The first-order valence-corrected chi connectivity index (χ1v) is 5.70. The van der Waals surface area contributed by atoms with Crippen molar-refractivity contribution in [2.24, 2.45) is 5.41 Å². The Morgan fingerprint density at radius 2 is 1.94 bits per heavy atom. The second kappa shape index (κ2) is 4.76. The number of halogens is 1. The number of amides is 1. The number of benzene rings is 1. The van der Waals surface area contributed by atoms with Crippen LogP contribution >= 0.6 is 0 Å². The lowest BCUT2D eigenvalue weighted by Gasteiger charge is -2.13. The normalized spacial score (nSPS) is 15.9. The van der Waals surface area contributed by atoms with Crippen molar-refractivity contribution in [1.29, 1.82) is 0 Å². The van der Waals surface area contributed by atoms with Gasteiger partial charge in [0.2, 0.25) is 0 Å². The summed E-state index contributed by atoms with van der Waals surface area (Å²) in [6.07, 6.45) is 1.45.